The van der Waals surface area contributed by atoms with Crippen LogP contribution in [0.4, 0.5) is 5.69 Å². The summed E-state index contributed by atoms with van der Waals surface area (Å²) >= 11 is 5.24. The van der Waals surface area contributed by atoms with Crippen LogP contribution in [-0.2, 0) is 20.9 Å². The summed E-state index contributed by atoms with van der Waals surface area (Å²) in [5.41, 5.74) is 1.81. The first kappa shape index (κ1) is 16.4. The maximum absolute atomic E-state index is 12.2. The highest BCUT2D eigenvalue weighted by Crippen LogP contribution is 2.21. The minimum Gasteiger partial charge on any atom is -0.376 e. The topological polar surface area (TPSA) is 50.8 Å². The molecular weight excluding hydrogens is 312 g/mol. The molecule has 2 heterocycles. The molecular formula is C17H22N2O3S. The summed E-state index contributed by atoms with van der Waals surface area (Å²) < 4.78 is 11.4. The van der Waals surface area contributed by atoms with Crippen molar-refractivity contribution in [1.82, 2.24) is 5.32 Å². The Balaban J connectivity index is 1.59. The number of ether oxygens (including phenoxy) is 2. The SMILES string of the molecule is C[C@H]1NC(=S)N(c2cccc(COC[C@@H]3CCCCO3)c2)C1=O. The number of nitrogens with zero attached hydrogens (tertiary/aromatic N) is 1. The van der Waals surface area contributed by atoms with Gasteiger partial charge >= 0.3 is 0 Å². The number of rotatable bonds is 5. The van der Waals surface area contributed by atoms with E-state index in [1.807, 2.05) is 31.2 Å². The number of amides is 1. The maximum Gasteiger partial charge on any atom is 0.255 e. The summed E-state index contributed by atoms with van der Waals surface area (Å²) in [6.45, 7) is 3.77. The monoisotopic (exact) mass is 334 g/mol. The highest BCUT2D eigenvalue weighted by Gasteiger charge is 2.33. The number of carbonyl (C=O) groups is 1. The lowest BCUT2D eigenvalue weighted by molar-refractivity contribution is -0.117. The van der Waals surface area contributed by atoms with Crippen LogP contribution in [0, 0.1) is 0 Å². The van der Waals surface area contributed by atoms with Crippen molar-refractivity contribution in [1.29, 1.82) is 0 Å². The normalized spacial score (nSPS) is 24.8. The zero-order valence-corrected chi connectivity index (χ0v) is 14.1. The molecule has 1 aromatic carbocycles. The van der Waals surface area contributed by atoms with Gasteiger partial charge in [-0.15, -0.1) is 0 Å². The van der Waals surface area contributed by atoms with Crippen molar-refractivity contribution in [3.8, 4) is 0 Å². The molecule has 0 bridgehead atoms. The molecule has 124 valence electrons. The van der Waals surface area contributed by atoms with Gasteiger partial charge in [0.25, 0.3) is 5.91 Å². The lowest BCUT2D eigenvalue weighted by Crippen LogP contribution is -2.30. The summed E-state index contributed by atoms with van der Waals surface area (Å²) in [7, 11) is 0. The van der Waals surface area contributed by atoms with Crippen LogP contribution in [0.5, 0.6) is 0 Å². The van der Waals surface area contributed by atoms with E-state index >= 15 is 0 Å². The van der Waals surface area contributed by atoms with Crippen molar-refractivity contribution in [2.24, 2.45) is 0 Å². The smallest absolute Gasteiger partial charge is 0.255 e. The summed E-state index contributed by atoms with van der Waals surface area (Å²) in [6, 6.07) is 7.48. The number of hydrogen-bond acceptors (Lipinski definition) is 4. The molecule has 0 spiro atoms. The third-order valence-corrected chi connectivity index (χ3v) is 4.45. The van der Waals surface area contributed by atoms with Gasteiger partial charge in [0.15, 0.2) is 5.11 Å². The third-order valence-electron chi connectivity index (χ3n) is 4.15. The van der Waals surface area contributed by atoms with E-state index < -0.39 is 0 Å². The van der Waals surface area contributed by atoms with Crippen molar-refractivity contribution in [2.45, 2.75) is 44.9 Å². The molecule has 0 aromatic heterocycles. The van der Waals surface area contributed by atoms with Crippen LogP contribution < -0.4 is 10.2 Å². The lowest BCUT2D eigenvalue weighted by atomic mass is 10.1. The third kappa shape index (κ3) is 3.88. The molecule has 5 nitrogen and oxygen atoms in total. The van der Waals surface area contributed by atoms with E-state index in [0.29, 0.717) is 18.3 Å². The molecule has 0 aliphatic carbocycles. The van der Waals surface area contributed by atoms with Gasteiger partial charge in [-0.25, -0.2) is 0 Å². The van der Waals surface area contributed by atoms with Crippen LogP contribution in [0.15, 0.2) is 24.3 Å². The van der Waals surface area contributed by atoms with Gasteiger partial charge in [-0.3, -0.25) is 9.69 Å². The predicted octanol–water partition coefficient (Wildman–Crippen LogP) is 2.38. The second-order valence-corrected chi connectivity index (χ2v) is 6.41. The van der Waals surface area contributed by atoms with Gasteiger partial charge in [0, 0.05) is 6.61 Å². The molecule has 0 saturated carbocycles. The van der Waals surface area contributed by atoms with Crippen LogP contribution in [0.1, 0.15) is 31.7 Å². The fraction of sp³-hybridized carbons (Fsp3) is 0.529. The first-order valence-electron chi connectivity index (χ1n) is 8.08. The Labute approximate surface area is 141 Å². The van der Waals surface area contributed by atoms with Crippen LogP contribution in [0.3, 0.4) is 0 Å². The van der Waals surface area contributed by atoms with E-state index in [0.717, 1.165) is 30.7 Å². The van der Waals surface area contributed by atoms with Crippen molar-refractivity contribution < 1.29 is 14.3 Å². The van der Waals surface area contributed by atoms with E-state index in [2.05, 4.69) is 5.32 Å². The lowest BCUT2D eigenvalue weighted by Gasteiger charge is -2.22. The molecule has 2 aliphatic rings. The van der Waals surface area contributed by atoms with E-state index in [-0.39, 0.29) is 18.1 Å². The minimum atomic E-state index is -0.272. The van der Waals surface area contributed by atoms with Crippen molar-refractivity contribution in [3.63, 3.8) is 0 Å². The van der Waals surface area contributed by atoms with Gasteiger partial charge in [-0.05, 0) is 56.1 Å². The van der Waals surface area contributed by atoms with Crippen LogP contribution in [0.25, 0.3) is 0 Å². The number of benzene rings is 1. The first-order chi connectivity index (χ1) is 11.1. The van der Waals surface area contributed by atoms with E-state index in [9.17, 15) is 4.79 Å². The number of hydrogen-bond donors (Lipinski definition) is 1. The second-order valence-electron chi connectivity index (χ2n) is 6.02. The number of thiocarbonyl (C=S) groups is 1. The quantitative estimate of drug-likeness (QED) is 0.838. The van der Waals surface area contributed by atoms with Crippen LogP contribution >= 0.6 is 12.2 Å². The van der Waals surface area contributed by atoms with E-state index in [1.54, 1.807) is 4.90 Å². The molecule has 1 aromatic rings. The Kier molecular flexibility index (Phi) is 5.25. The van der Waals surface area contributed by atoms with Crippen LogP contribution in [-0.4, -0.2) is 36.4 Å². The first-order valence-corrected chi connectivity index (χ1v) is 8.49. The fourth-order valence-electron chi connectivity index (χ4n) is 2.88. The Morgan fingerprint density at radius 2 is 2.30 bits per heavy atom. The molecule has 2 saturated heterocycles. The Bertz CT molecular complexity index is 587. The number of nitrogens with one attached hydrogen (secondary N) is 1. The van der Waals surface area contributed by atoms with Gasteiger partial charge in [-0.2, -0.15) is 0 Å². The summed E-state index contributed by atoms with van der Waals surface area (Å²) in [5.74, 6) is -0.0244. The maximum atomic E-state index is 12.2. The molecule has 6 heteroatoms. The standard InChI is InChI=1S/C17H22N2O3S/c1-12-16(20)19(17(23)18-12)14-6-4-5-13(9-14)10-21-11-15-7-2-3-8-22-15/h4-6,9,12,15H,2-3,7-8,10-11H2,1H3,(H,18,23)/t12-,15+/m1/s1. The van der Waals surface area contributed by atoms with Gasteiger partial charge in [0.05, 0.1) is 25.0 Å². The zero-order valence-electron chi connectivity index (χ0n) is 13.3. The number of anilines is 1. The summed E-state index contributed by atoms with van der Waals surface area (Å²) in [6.07, 6.45) is 3.64. The van der Waals surface area contributed by atoms with Gasteiger partial charge in [-0.1, -0.05) is 12.1 Å². The fourth-order valence-corrected chi connectivity index (χ4v) is 3.25. The van der Waals surface area contributed by atoms with E-state index in [4.69, 9.17) is 21.7 Å². The highest BCUT2D eigenvalue weighted by molar-refractivity contribution is 7.80. The predicted molar refractivity (Wildman–Crippen MR) is 92.4 cm³/mol. The second kappa shape index (κ2) is 7.38. The largest absolute Gasteiger partial charge is 0.376 e. The van der Waals surface area contributed by atoms with Gasteiger partial charge < -0.3 is 14.8 Å². The van der Waals surface area contributed by atoms with Crippen LogP contribution in [0.2, 0.25) is 0 Å². The molecule has 2 aliphatic heterocycles. The number of carbonyl (C=O) groups excluding carboxylic acids is 1. The molecule has 0 unspecified atom stereocenters. The molecule has 1 amide bonds. The molecule has 23 heavy (non-hydrogen) atoms. The minimum absolute atomic E-state index is 0.0244. The molecule has 1 N–H and O–H groups in total. The molecule has 3 rings (SSSR count). The molecule has 2 atom stereocenters. The van der Waals surface area contributed by atoms with Gasteiger partial charge in [0.1, 0.15) is 6.04 Å². The highest BCUT2D eigenvalue weighted by atomic mass is 32.1. The Hall–Kier alpha value is -1.50. The average Bonchev–Trinajstić information content (AvgIpc) is 2.81. The molecule has 0 radical (unpaired) electrons. The van der Waals surface area contributed by atoms with E-state index in [1.165, 1.54) is 6.42 Å². The van der Waals surface area contributed by atoms with Crippen molar-refractivity contribution in [3.05, 3.63) is 29.8 Å². The zero-order chi connectivity index (χ0) is 16.2. The average molecular weight is 334 g/mol. The Morgan fingerprint density at radius 3 is 3.00 bits per heavy atom. The van der Waals surface area contributed by atoms with Crippen molar-refractivity contribution >= 4 is 28.9 Å². The Morgan fingerprint density at radius 1 is 1.43 bits per heavy atom. The van der Waals surface area contributed by atoms with Crippen molar-refractivity contribution in [2.75, 3.05) is 18.1 Å². The summed E-state index contributed by atoms with van der Waals surface area (Å²) in [5, 5.41) is 3.44. The van der Waals surface area contributed by atoms with Gasteiger partial charge in [0.2, 0.25) is 0 Å². The summed E-state index contributed by atoms with van der Waals surface area (Å²) in [4.78, 5) is 13.7. The molecule has 2 fully saturated rings.